The van der Waals surface area contributed by atoms with Crippen molar-refractivity contribution in [2.24, 2.45) is 0 Å². The van der Waals surface area contributed by atoms with E-state index < -0.39 is 5.60 Å². The van der Waals surface area contributed by atoms with Gasteiger partial charge in [-0.2, -0.15) is 0 Å². The summed E-state index contributed by atoms with van der Waals surface area (Å²) in [4.78, 5) is 11.7. The zero-order chi connectivity index (χ0) is 24.3. The molecule has 1 N–H and O–H groups in total. The maximum atomic E-state index is 11.7. The molecule has 4 heteroatoms. The number of esters is 1. The van der Waals surface area contributed by atoms with Crippen molar-refractivity contribution in [3.63, 3.8) is 0 Å². The van der Waals surface area contributed by atoms with Crippen LogP contribution in [0.5, 0.6) is 0 Å². The van der Waals surface area contributed by atoms with Crippen molar-refractivity contribution in [3.05, 3.63) is 69.8 Å². The Kier molecular flexibility index (Phi) is 5.61. The Balaban J connectivity index is 0.000000181. The minimum atomic E-state index is -0.504. The van der Waals surface area contributed by atoms with Crippen molar-refractivity contribution in [3.8, 4) is 0 Å². The van der Waals surface area contributed by atoms with Crippen LogP contribution in [0.4, 0.5) is 0 Å². The summed E-state index contributed by atoms with van der Waals surface area (Å²) in [5.74, 6) is 0.0946. The predicted octanol–water partition coefficient (Wildman–Crippen LogP) is 6.96. The van der Waals surface area contributed by atoms with Gasteiger partial charge in [0.05, 0.1) is 5.56 Å². The molecular weight excluding hydrogens is 398 g/mol. The maximum absolute atomic E-state index is 11.7. The Hall–Kier alpha value is -2.62. The molecule has 0 bridgehead atoms. The summed E-state index contributed by atoms with van der Waals surface area (Å²) >= 11 is 0. The van der Waals surface area contributed by atoms with Crippen molar-refractivity contribution in [2.75, 3.05) is 0 Å². The van der Waals surface area contributed by atoms with Gasteiger partial charge in [-0.1, -0.05) is 65.8 Å². The number of benzene rings is 2. The van der Waals surface area contributed by atoms with E-state index in [0.717, 1.165) is 16.7 Å². The van der Waals surface area contributed by atoms with Crippen LogP contribution in [0.1, 0.15) is 107 Å². The quantitative estimate of drug-likeness (QED) is 0.455. The number of ether oxygens (including phenoxy) is 2. The van der Waals surface area contributed by atoms with Crippen molar-refractivity contribution in [2.45, 2.75) is 91.3 Å². The lowest BCUT2D eigenvalue weighted by molar-refractivity contribution is 0.00907. The van der Waals surface area contributed by atoms with Gasteiger partial charge >= 0.3 is 5.97 Å². The summed E-state index contributed by atoms with van der Waals surface area (Å²) < 4.78 is 11.1. The number of carbonyl (C=O) groups excluding carboxylic acids is 1. The number of cyclic esters (lactones) is 1. The zero-order valence-electron chi connectivity index (χ0n) is 21.2. The molecule has 4 rings (SSSR count). The third-order valence-corrected chi connectivity index (χ3v) is 6.12. The molecule has 0 atom stereocenters. The van der Waals surface area contributed by atoms with Gasteiger partial charge in [0.2, 0.25) is 5.90 Å². The lowest BCUT2D eigenvalue weighted by Crippen LogP contribution is -2.23. The number of nitrogens with one attached hydrogen (secondary N) is 1. The molecule has 0 saturated carbocycles. The van der Waals surface area contributed by atoms with Crippen LogP contribution >= 0.6 is 0 Å². The van der Waals surface area contributed by atoms with E-state index in [1.165, 1.54) is 16.7 Å². The number of hydrogen-bond acceptors (Lipinski definition) is 4. The largest absolute Gasteiger partial charge is 0.467 e. The van der Waals surface area contributed by atoms with E-state index in [9.17, 15) is 4.79 Å². The smallest absolute Gasteiger partial charge is 0.339 e. The zero-order valence-corrected chi connectivity index (χ0v) is 21.2. The van der Waals surface area contributed by atoms with E-state index in [1.54, 1.807) is 0 Å². The normalized spacial score (nSPS) is 18.2. The number of carbonyl (C=O) groups is 1. The molecule has 32 heavy (non-hydrogen) atoms. The first-order valence-electron chi connectivity index (χ1n) is 11.3. The third-order valence-electron chi connectivity index (χ3n) is 6.12. The van der Waals surface area contributed by atoms with Crippen LogP contribution in [-0.2, 0) is 31.5 Å². The third kappa shape index (κ3) is 4.20. The van der Waals surface area contributed by atoms with E-state index in [1.807, 2.05) is 52.0 Å². The highest BCUT2D eigenvalue weighted by molar-refractivity contribution is 5.97. The lowest BCUT2D eigenvalue weighted by Gasteiger charge is -2.27. The molecule has 0 fully saturated rings. The highest BCUT2D eigenvalue weighted by Gasteiger charge is 2.41. The van der Waals surface area contributed by atoms with Crippen LogP contribution in [0.15, 0.2) is 36.4 Å². The molecule has 0 saturated heterocycles. The van der Waals surface area contributed by atoms with Gasteiger partial charge in [-0.25, -0.2) is 4.79 Å². The van der Waals surface area contributed by atoms with Crippen molar-refractivity contribution < 1.29 is 14.3 Å². The van der Waals surface area contributed by atoms with Crippen molar-refractivity contribution >= 4 is 11.9 Å². The van der Waals surface area contributed by atoms with Crippen molar-refractivity contribution in [1.82, 2.24) is 0 Å². The monoisotopic (exact) mass is 435 g/mol. The summed E-state index contributed by atoms with van der Waals surface area (Å²) in [6.45, 7) is 21.0. The molecule has 0 aliphatic carbocycles. The minimum absolute atomic E-state index is 0.0244. The fourth-order valence-corrected chi connectivity index (χ4v) is 4.71. The predicted molar refractivity (Wildman–Crippen MR) is 130 cm³/mol. The van der Waals surface area contributed by atoms with Crippen molar-refractivity contribution in [1.29, 1.82) is 5.41 Å². The Morgan fingerprint density at radius 2 is 1.09 bits per heavy atom. The first kappa shape index (κ1) is 24.0. The van der Waals surface area contributed by atoms with E-state index in [2.05, 4.69) is 53.7 Å². The summed E-state index contributed by atoms with van der Waals surface area (Å²) in [5.41, 5.74) is 5.58. The molecule has 0 aromatic heterocycles. The molecule has 2 heterocycles. The fourth-order valence-electron chi connectivity index (χ4n) is 4.71. The standard InChI is InChI=1S/C14H19NO.C14H18O2/c2*1-13(2,3)10-8-6-7-9-11(10)14(4,5)16-12(9)15/h6-8,15H,1-5H3;6-8H,1-5H3. The molecule has 4 nitrogen and oxygen atoms in total. The summed E-state index contributed by atoms with van der Waals surface area (Å²) in [6.07, 6.45) is 0. The van der Waals surface area contributed by atoms with Crippen LogP contribution in [0, 0.1) is 5.41 Å². The van der Waals surface area contributed by atoms with E-state index in [4.69, 9.17) is 14.9 Å². The van der Waals surface area contributed by atoms with Crippen LogP contribution in [0.2, 0.25) is 0 Å². The lowest BCUT2D eigenvalue weighted by atomic mass is 9.78. The molecule has 0 radical (unpaired) electrons. The average Bonchev–Trinajstić information content (AvgIpc) is 3.02. The van der Waals surface area contributed by atoms with Crippen LogP contribution in [0.3, 0.4) is 0 Å². The molecule has 2 aromatic rings. The second-order valence-corrected chi connectivity index (χ2v) is 11.8. The fraction of sp³-hybridized carbons (Fsp3) is 0.500. The minimum Gasteiger partial charge on any atom is -0.467 e. The molecule has 2 aliphatic heterocycles. The van der Waals surface area contributed by atoms with Gasteiger partial charge in [0.15, 0.2) is 0 Å². The summed E-state index contributed by atoms with van der Waals surface area (Å²) in [5, 5.41) is 7.87. The van der Waals surface area contributed by atoms with Gasteiger partial charge in [-0.3, -0.25) is 5.41 Å². The van der Waals surface area contributed by atoms with Gasteiger partial charge in [-0.15, -0.1) is 0 Å². The average molecular weight is 436 g/mol. The first-order chi connectivity index (χ1) is 14.5. The second-order valence-electron chi connectivity index (χ2n) is 11.8. The highest BCUT2D eigenvalue weighted by Crippen LogP contribution is 2.43. The molecule has 0 spiro atoms. The number of rotatable bonds is 0. The first-order valence-corrected chi connectivity index (χ1v) is 11.3. The molecule has 2 aromatic carbocycles. The molecule has 0 amide bonds. The van der Waals surface area contributed by atoms with E-state index in [0.29, 0.717) is 5.90 Å². The Bertz CT molecular complexity index is 991. The topological polar surface area (TPSA) is 59.4 Å². The second kappa shape index (κ2) is 7.47. The summed E-state index contributed by atoms with van der Waals surface area (Å²) in [6, 6.07) is 12.0. The van der Waals surface area contributed by atoms with E-state index >= 15 is 0 Å². The van der Waals surface area contributed by atoms with Crippen LogP contribution < -0.4 is 0 Å². The number of hydrogen-bond donors (Lipinski definition) is 1. The Labute approximate surface area is 192 Å². The van der Waals surface area contributed by atoms with Gasteiger partial charge in [0.25, 0.3) is 0 Å². The van der Waals surface area contributed by atoms with E-state index in [-0.39, 0.29) is 22.4 Å². The van der Waals surface area contributed by atoms with Gasteiger partial charge in [-0.05, 0) is 61.8 Å². The molecule has 0 unspecified atom stereocenters. The van der Waals surface area contributed by atoms with Gasteiger partial charge < -0.3 is 9.47 Å². The number of fused-ring (bicyclic) bond motifs is 2. The van der Waals surface area contributed by atoms with Gasteiger partial charge in [0.1, 0.15) is 11.2 Å². The summed E-state index contributed by atoms with van der Waals surface area (Å²) in [7, 11) is 0. The van der Waals surface area contributed by atoms with Crippen LogP contribution in [-0.4, -0.2) is 11.9 Å². The molecule has 2 aliphatic rings. The highest BCUT2D eigenvalue weighted by atomic mass is 16.6. The van der Waals surface area contributed by atoms with Gasteiger partial charge in [0, 0.05) is 16.7 Å². The maximum Gasteiger partial charge on any atom is 0.339 e. The molecular formula is C28H37NO3. The SMILES string of the molecule is CC(C)(C)c1cccc2c1C(C)(C)OC2=N.CC(C)(C)c1cccc2c1C(C)(C)OC2=O. The Morgan fingerprint density at radius 1 is 0.688 bits per heavy atom. The Morgan fingerprint density at radius 3 is 1.56 bits per heavy atom. The molecule has 172 valence electrons. The van der Waals surface area contributed by atoms with Crippen LogP contribution in [0.25, 0.3) is 0 Å².